The number of thiocarbonyl (C=S) groups is 1. The SMILES string of the molecule is CC1CN(C)CSC1=S. The molecular formula is C6H11NS2. The van der Waals surface area contributed by atoms with Gasteiger partial charge in [-0.05, 0) is 7.05 Å². The summed E-state index contributed by atoms with van der Waals surface area (Å²) >= 11 is 6.91. The van der Waals surface area contributed by atoms with Crippen LogP contribution in [0.3, 0.4) is 0 Å². The second-order valence-electron chi connectivity index (χ2n) is 2.53. The minimum atomic E-state index is 0.601. The van der Waals surface area contributed by atoms with E-state index in [0.717, 1.165) is 12.4 Å². The molecular weight excluding hydrogens is 150 g/mol. The molecule has 0 bridgehead atoms. The predicted octanol–water partition coefficient (Wildman–Crippen LogP) is 1.59. The molecule has 0 radical (unpaired) electrons. The lowest BCUT2D eigenvalue weighted by molar-refractivity contribution is 0.364. The van der Waals surface area contributed by atoms with Crippen molar-refractivity contribution in [2.24, 2.45) is 5.92 Å². The van der Waals surface area contributed by atoms with E-state index in [9.17, 15) is 0 Å². The fourth-order valence-electron chi connectivity index (χ4n) is 0.911. The Kier molecular flexibility index (Phi) is 2.50. The monoisotopic (exact) mass is 161 g/mol. The minimum Gasteiger partial charge on any atom is -0.296 e. The molecule has 1 unspecified atom stereocenters. The molecule has 1 heterocycles. The summed E-state index contributed by atoms with van der Waals surface area (Å²) in [4.78, 5) is 2.30. The summed E-state index contributed by atoms with van der Waals surface area (Å²) in [5, 5.41) is 0. The molecule has 1 rings (SSSR count). The Hall–Kier alpha value is 0.400. The maximum atomic E-state index is 5.12. The zero-order valence-corrected chi connectivity index (χ0v) is 7.39. The molecule has 0 amide bonds. The third-order valence-corrected chi connectivity index (χ3v) is 3.43. The van der Waals surface area contributed by atoms with Gasteiger partial charge >= 0.3 is 0 Å². The van der Waals surface area contributed by atoms with Crippen molar-refractivity contribution in [3.8, 4) is 0 Å². The number of nitrogens with zero attached hydrogens (tertiary/aromatic N) is 1. The zero-order chi connectivity index (χ0) is 6.85. The second-order valence-corrected chi connectivity index (χ2v) is 4.22. The smallest absolute Gasteiger partial charge is 0.0532 e. The van der Waals surface area contributed by atoms with E-state index in [1.165, 1.54) is 4.20 Å². The van der Waals surface area contributed by atoms with E-state index in [0.29, 0.717) is 5.92 Å². The molecule has 1 nitrogen and oxygen atoms in total. The van der Waals surface area contributed by atoms with Gasteiger partial charge in [-0.25, -0.2) is 0 Å². The topological polar surface area (TPSA) is 3.24 Å². The Morgan fingerprint density at radius 1 is 1.78 bits per heavy atom. The van der Waals surface area contributed by atoms with Crippen LogP contribution in [-0.4, -0.2) is 28.6 Å². The molecule has 1 aliphatic heterocycles. The van der Waals surface area contributed by atoms with Gasteiger partial charge in [-0.3, -0.25) is 4.90 Å². The van der Waals surface area contributed by atoms with Crippen molar-refractivity contribution in [3.05, 3.63) is 0 Å². The maximum absolute atomic E-state index is 5.12. The molecule has 0 aliphatic carbocycles. The third kappa shape index (κ3) is 1.92. The average molecular weight is 161 g/mol. The van der Waals surface area contributed by atoms with Crippen LogP contribution in [-0.2, 0) is 0 Å². The van der Waals surface area contributed by atoms with Crippen LogP contribution in [0.15, 0.2) is 0 Å². The standard InChI is InChI=1S/C6H11NS2/c1-5-3-7(2)4-9-6(5)8/h5H,3-4H2,1-2H3. The number of thioether (sulfide) groups is 1. The molecule has 0 aromatic carbocycles. The first-order valence-corrected chi connectivity index (χ1v) is 4.44. The van der Waals surface area contributed by atoms with Crippen molar-refractivity contribution in [2.45, 2.75) is 6.92 Å². The molecule has 9 heavy (non-hydrogen) atoms. The van der Waals surface area contributed by atoms with Crippen molar-refractivity contribution in [1.82, 2.24) is 4.90 Å². The Bertz CT molecular complexity index is 124. The summed E-state index contributed by atoms with van der Waals surface area (Å²) in [6.45, 7) is 3.32. The number of hydrogen-bond donors (Lipinski definition) is 0. The molecule has 1 aliphatic rings. The molecule has 0 aromatic rings. The number of hydrogen-bond acceptors (Lipinski definition) is 3. The summed E-state index contributed by atoms with van der Waals surface area (Å²) in [5.41, 5.74) is 0. The Labute approximate surface area is 65.8 Å². The largest absolute Gasteiger partial charge is 0.296 e. The lowest BCUT2D eigenvalue weighted by Crippen LogP contribution is -2.32. The van der Waals surface area contributed by atoms with Crippen molar-refractivity contribution >= 4 is 28.2 Å². The fourth-order valence-corrected chi connectivity index (χ4v) is 1.96. The van der Waals surface area contributed by atoms with Crippen LogP contribution in [0.1, 0.15) is 6.92 Å². The van der Waals surface area contributed by atoms with Gasteiger partial charge < -0.3 is 0 Å². The van der Waals surface area contributed by atoms with E-state index in [-0.39, 0.29) is 0 Å². The van der Waals surface area contributed by atoms with E-state index in [4.69, 9.17) is 12.2 Å². The Morgan fingerprint density at radius 3 is 2.89 bits per heavy atom. The van der Waals surface area contributed by atoms with E-state index < -0.39 is 0 Å². The highest BCUT2D eigenvalue weighted by molar-refractivity contribution is 8.23. The highest BCUT2D eigenvalue weighted by Crippen LogP contribution is 2.20. The van der Waals surface area contributed by atoms with E-state index in [2.05, 4.69) is 18.9 Å². The molecule has 0 N–H and O–H groups in total. The normalized spacial score (nSPS) is 30.9. The Morgan fingerprint density at radius 2 is 2.44 bits per heavy atom. The van der Waals surface area contributed by atoms with Crippen LogP contribution >= 0.6 is 24.0 Å². The van der Waals surface area contributed by atoms with Crippen molar-refractivity contribution in [1.29, 1.82) is 0 Å². The molecule has 0 saturated carbocycles. The van der Waals surface area contributed by atoms with Gasteiger partial charge in [0.05, 0.1) is 4.20 Å². The summed E-state index contributed by atoms with van der Waals surface area (Å²) in [7, 11) is 2.13. The summed E-state index contributed by atoms with van der Waals surface area (Å²) in [6.07, 6.45) is 0. The first-order chi connectivity index (χ1) is 4.20. The van der Waals surface area contributed by atoms with Crippen molar-refractivity contribution in [3.63, 3.8) is 0 Å². The molecule has 1 fully saturated rings. The van der Waals surface area contributed by atoms with Gasteiger partial charge in [0.15, 0.2) is 0 Å². The maximum Gasteiger partial charge on any atom is 0.0532 e. The minimum absolute atomic E-state index is 0.601. The van der Waals surface area contributed by atoms with Gasteiger partial charge in [-0.1, -0.05) is 19.1 Å². The molecule has 1 saturated heterocycles. The lowest BCUT2D eigenvalue weighted by atomic mass is 10.2. The first-order valence-electron chi connectivity index (χ1n) is 3.05. The van der Waals surface area contributed by atoms with Gasteiger partial charge in [0.2, 0.25) is 0 Å². The molecule has 1 atom stereocenters. The van der Waals surface area contributed by atoms with Gasteiger partial charge in [-0.15, -0.1) is 11.8 Å². The molecule has 52 valence electrons. The van der Waals surface area contributed by atoms with Gasteiger partial charge in [0.1, 0.15) is 0 Å². The van der Waals surface area contributed by atoms with Gasteiger partial charge in [0.25, 0.3) is 0 Å². The quantitative estimate of drug-likeness (QED) is 0.497. The summed E-state index contributed by atoms with van der Waals surface area (Å²) in [5.74, 6) is 1.67. The second kappa shape index (κ2) is 2.99. The van der Waals surface area contributed by atoms with Crippen LogP contribution in [0.4, 0.5) is 0 Å². The van der Waals surface area contributed by atoms with Crippen LogP contribution in [0, 0.1) is 5.92 Å². The molecule has 0 aromatic heterocycles. The van der Waals surface area contributed by atoms with Crippen LogP contribution in [0.5, 0.6) is 0 Å². The third-order valence-electron chi connectivity index (χ3n) is 1.42. The average Bonchev–Trinajstić information content (AvgIpc) is 1.80. The molecule has 3 heteroatoms. The highest BCUT2D eigenvalue weighted by Gasteiger charge is 2.17. The van der Waals surface area contributed by atoms with Gasteiger partial charge in [-0.2, -0.15) is 0 Å². The van der Waals surface area contributed by atoms with Crippen LogP contribution in [0.2, 0.25) is 0 Å². The van der Waals surface area contributed by atoms with Crippen LogP contribution in [0.25, 0.3) is 0 Å². The van der Waals surface area contributed by atoms with Crippen molar-refractivity contribution < 1.29 is 0 Å². The zero-order valence-electron chi connectivity index (χ0n) is 5.76. The predicted molar refractivity (Wildman–Crippen MR) is 46.9 cm³/mol. The Balaban J connectivity index is 2.44. The van der Waals surface area contributed by atoms with Crippen molar-refractivity contribution in [2.75, 3.05) is 19.5 Å². The van der Waals surface area contributed by atoms with E-state index in [1.807, 2.05) is 0 Å². The summed E-state index contributed by atoms with van der Waals surface area (Å²) < 4.78 is 1.17. The highest BCUT2D eigenvalue weighted by atomic mass is 32.2. The van der Waals surface area contributed by atoms with E-state index in [1.54, 1.807) is 11.8 Å². The van der Waals surface area contributed by atoms with E-state index >= 15 is 0 Å². The first kappa shape index (κ1) is 7.51. The van der Waals surface area contributed by atoms with Crippen LogP contribution < -0.4 is 0 Å². The fraction of sp³-hybridized carbons (Fsp3) is 0.833. The van der Waals surface area contributed by atoms with Gasteiger partial charge in [0, 0.05) is 18.3 Å². The number of rotatable bonds is 0. The lowest BCUT2D eigenvalue weighted by Gasteiger charge is -2.26. The summed E-state index contributed by atoms with van der Waals surface area (Å²) in [6, 6.07) is 0. The molecule has 0 spiro atoms.